The van der Waals surface area contributed by atoms with Gasteiger partial charge in [-0.25, -0.2) is 15.0 Å². The number of nitriles is 1. The highest BCUT2D eigenvalue weighted by molar-refractivity contribution is 6.12. The molecule has 0 radical (unpaired) electrons. The number of nitrogens with zero attached hydrogens (tertiary/aromatic N) is 6. The highest BCUT2D eigenvalue weighted by atomic mass is 15.0. The van der Waals surface area contributed by atoms with Crippen LogP contribution in [0.25, 0.3) is 111 Å². The van der Waals surface area contributed by atoms with Crippen LogP contribution in [-0.2, 0) is 0 Å². The zero-order chi connectivity index (χ0) is 46.0. The van der Waals surface area contributed by atoms with Gasteiger partial charge in [0.2, 0.25) is 0 Å². The SMILES string of the molecule is Cc1ccc2c(c1)c1cc(C)ccc1n2-c1ccc(-c2nc(-c3ccccc3)nc(-c3ccccc3)n2)cc1-c1ccc(-c2ccccc2C#N)cc1-n1c2ccc(C)cc2c2cc(C)ccc21. The molecule has 0 aliphatic carbocycles. The fourth-order valence-electron chi connectivity index (χ4n) is 9.99. The highest BCUT2D eigenvalue weighted by Gasteiger charge is 2.24. The molecule has 0 fully saturated rings. The first-order valence-corrected chi connectivity index (χ1v) is 23.0. The minimum absolute atomic E-state index is 0.572. The van der Waals surface area contributed by atoms with Crippen molar-refractivity contribution in [2.24, 2.45) is 0 Å². The van der Waals surface area contributed by atoms with E-state index in [4.69, 9.17) is 15.0 Å². The van der Waals surface area contributed by atoms with Crippen molar-refractivity contribution in [2.75, 3.05) is 0 Å². The van der Waals surface area contributed by atoms with Crippen molar-refractivity contribution >= 4 is 43.6 Å². The number of aryl methyl sites for hydroxylation is 4. The maximum Gasteiger partial charge on any atom is 0.164 e. The van der Waals surface area contributed by atoms with Gasteiger partial charge in [-0.1, -0.05) is 138 Å². The largest absolute Gasteiger partial charge is 0.309 e. The third kappa shape index (κ3) is 6.83. The van der Waals surface area contributed by atoms with Crippen LogP contribution in [0.15, 0.2) is 194 Å². The van der Waals surface area contributed by atoms with Gasteiger partial charge < -0.3 is 9.13 Å². The fourth-order valence-corrected chi connectivity index (χ4v) is 9.99. The van der Waals surface area contributed by atoms with E-state index in [1.54, 1.807) is 0 Å². The van der Waals surface area contributed by atoms with Crippen molar-refractivity contribution in [1.29, 1.82) is 5.26 Å². The lowest BCUT2D eigenvalue weighted by atomic mass is 9.93. The third-order valence-electron chi connectivity index (χ3n) is 13.2. The Hall–Kier alpha value is -8.92. The van der Waals surface area contributed by atoms with Crippen LogP contribution >= 0.6 is 0 Å². The van der Waals surface area contributed by atoms with E-state index in [1.165, 1.54) is 43.8 Å². The average Bonchev–Trinajstić information content (AvgIpc) is 3.86. The summed E-state index contributed by atoms with van der Waals surface area (Å²) in [6.07, 6.45) is 0. The molecule has 0 N–H and O–H groups in total. The Kier molecular flexibility index (Phi) is 9.67. The molecule has 12 aromatic rings. The van der Waals surface area contributed by atoms with Gasteiger partial charge >= 0.3 is 0 Å². The summed E-state index contributed by atoms with van der Waals surface area (Å²) < 4.78 is 4.83. The molecule has 68 heavy (non-hydrogen) atoms. The van der Waals surface area contributed by atoms with E-state index in [0.717, 1.165) is 72.4 Å². The van der Waals surface area contributed by atoms with Gasteiger partial charge in [0.05, 0.1) is 45.1 Å². The lowest BCUT2D eigenvalue weighted by molar-refractivity contribution is 1.07. The fraction of sp³-hybridized carbons (Fsp3) is 0.0645. The van der Waals surface area contributed by atoms with Crippen LogP contribution in [0.5, 0.6) is 0 Å². The van der Waals surface area contributed by atoms with Crippen molar-refractivity contribution in [1.82, 2.24) is 24.1 Å². The van der Waals surface area contributed by atoms with Gasteiger partial charge in [-0.3, -0.25) is 0 Å². The van der Waals surface area contributed by atoms with Crippen LogP contribution < -0.4 is 0 Å². The van der Waals surface area contributed by atoms with Crippen LogP contribution in [0.3, 0.4) is 0 Å². The minimum Gasteiger partial charge on any atom is -0.309 e. The predicted molar refractivity (Wildman–Crippen MR) is 279 cm³/mol. The Morgan fingerprint density at radius 2 is 0.765 bits per heavy atom. The number of fused-ring (bicyclic) bond motifs is 6. The molecule has 0 unspecified atom stereocenters. The predicted octanol–water partition coefficient (Wildman–Crippen LogP) is 15.5. The summed E-state index contributed by atoms with van der Waals surface area (Å²) in [5.41, 5.74) is 18.4. The van der Waals surface area contributed by atoms with E-state index < -0.39 is 0 Å². The Morgan fingerprint density at radius 1 is 0.338 bits per heavy atom. The van der Waals surface area contributed by atoms with Crippen LogP contribution in [0.1, 0.15) is 27.8 Å². The van der Waals surface area contributed by atoms with Crippen LogP contribution in [0.4, 0.5) is 0 Å². The number of benzene rings is 9. The molecule has 0 saturated carbocycles. The first-order chi connectivity index (χ1) is 33.3. The molecule has 0 aliphatic heterocycles. The van der Waals surface area contributed by atoms with Crippen molar-refractivity contribution < 1.29 is 0 Å². The second kappa shape index (κ2) is 16.2. The van der Waals surface area contributed by atoms with Crippen molar-refractivity contribution in [3.63, 3.8) is 0 Å². The summed E-state index contributed by atoms with van der Waals surface area (Å²) in [6, 6.07) is 70.9. The number of rotatable bonds is 7. The van der Waals surface area contributed by atoms with Gasteiger partial charge in [0.25, 0.3) is 0 Å². The topological polar surface area (TPSA) is 72.3 Å². The molecule has 3 heterocycles. The lowest BCUT2D eigenvalue weighted by Gasteiger charge is -2.21. The summed E-state index contributed by atoms with van der Waals surface area (Å²) >= 11 is 0. The molecule has 6 heteroatoms. The maximum atomic E-state index is 10.4. The molecule has 322 valence electrons. The lowest BCUT2D eigenvalue weighted by Crippen LogP contribution is -2.04. The Labute approximate surface area is 394 Å². The minimum atomic E-state index is 0.572. The maximum absolute atomic E-state index is 10.4. The van der Waals surface area contributed by atoms with Gasteiger partial charge in [0, 0.05) is 49.4 Å². The summed E-state index contributed by atoms with van der Waals surface area (Å²) in [7, 11) is 0. The van der Waals surface area contributed by atoms with Crippen LogP contribution in [-0.4, -0.2) is 24.1 Å². The van der Waals surface area contributed by atoms with E-state index in [0.29, 0.717) is 23.0 Å². The first kappa shape index (κ1) is 40.6. The zero-order valence-corrected chi connectivity index (χ0v) is 38.2. The number of aromatic nitrogens is 5. The molecule has 0 saturated heterocycles. The molecular weight excluding hydrogens is 829 g/mol. The second-order valence-electron chi connectivity index (χ2n) is 17.9. The van der Waals surface area contributed by atoms with Gasteiger partial charge in [0.15, 0.2) is 17.5 Å². The van der Waals surface area contributed by atoms with E-state index in [9.17, 15) is 5.26 Å². The smallest absolute Gasteiger partial charge is 0.164 e. The van der Waals surface area contributed by atoms with Gasteiger partial charge in [-0.15, -0.1) is 0 Å². The van der Waals surface area contributed by atoms with Gasteiger partial charge in [-0.2, -0.15) is 5.26 Å². The summed E-state index contributed by atoms with van der Waals surface area (Å²) in [6.45, 7) is 8.63. The third-order valence-corrected chi connectivity index (χ3v) is 13.2. The molecule has 3 aromatic heterocycles. The first-order valence-electron chi connectivity index (χ1n) is 23.0. The number of hydrogen-bond acceptors (Lipinski definition) is 4. The van der Waals surface area contributed by atoms with Crippen molar-refractivity contribution in [2.45, 2.75) is 27.7 Å². The van der Waals surface area contributed by atoms with E-state index >= 15 is 0 Å². The Bertz CT molecular complexity index is 3840. The van der Waals surface area contributed by atoms with E-state index in [-0.39, 0.29) is 0 Å². The average molecular weight is 873 g/mol. The molecule has 0 bridgehead atoms. The van der Waals surface area contributed by atoms with Gasteiger partial charge in [-0.05, 0) is 118 Å². The van der Waals surface area contributed by atoms with Crippen molar-refractivity contribution in [3.05, 3.63) is 222 Å². The molecule has 6 nitrogen and oxygen atoms in total. The molecule has 0 atom stereocenters. The zero-order valence-electron chi connectivity index (χ0n) is 38.2. The molecule has 12 rings (SSSR count). The Balaban J connectivity index is 1.21. The molecule has 0 aliphatic rings. The molecule has 9 aromatic carbocycles. The summed E-state index contributed by atoms with van der Waals surface area (Å²) in [5, 5.41) is 15.2. The monoisotopic (exact) mass is 872 g/mol. The highest BCUT2D eigenvalue weighted by Crippen LogP contribution is 2.44. The van der Waals surface area contributed by atoms with Gasteiger partial charge in [0.1, 0.15) is 0 Å². The second-order valence-corrected chi connectivity index (χ2v) is 17.9. The summed E-state index contributed by atoms with van der Waals surface area (Å²) in [4.78, 5) is 15.5. The molecule has 0 spiro atoms. The molecule has 0 amide bonds. The van der Waals surface area contributed by atoms with E-state index in [2.05, 4.69) is 152 Å². The van der Waals surface area contributed by atoms with Crippen LogP contribution in [0, 0.1) is 39.0 Å². The number of hydrogen-bond donors (Lipinski definition) is 0. The van der Waals surface area contributed by atoms with Crippen molar-refractivity contribution in [3.8, 4) is 73.9 Å². The van der Waals surface area contributed by atoms with Crippen LogP contribution in [0.2, 0.25) is 0 Å². The standard InChI is InChI=1S/C62H44N6/c1-38-19-26-54-49(31-38)50-32-39(2)20-27-55(50)67(54)58-30-24-45(62-65-60(42-13-7-5-8-14-42)64-61(66-62)43-15-9-6-10-16-43)35-53(58)48-25-23-44(47-18-12-11-17-46(47)37-63)36-59(48)68-56-28-21-40(3)33-51(56)52-34-41(4)22-29-57(52)68/h5-36H,1-4H3. The normalized spacial score (nSPS) is 11.5. The Morgan fingerprint density at radius 3 is 1.25 bits per heavy atom. The molecular formula is C62H44N6. The quantitative estimate of drug-likeness (QED) is 0.160. The summed E-state index contributed by atoms with van der Waals surface area (Å²) in [5.74, 6) is 1.78. The van der Waals surface area contributed by atoms with E-state index in [1.807, 2.05) is 84.9 Å².